The molecule has 0 aliphatic carbocycles. The van der Waals surface area contributed by atoms with Gasteiger partial charge in [-0.25, -0.2) is 0 Å². The summed E-state index contributed by atoms with van der Waals surface area (Å²) in [5, 5.41) is 0. The molecule has 1 atom stereocenters. The molecule has 1 saturated heterocycles. The van der Waals surface area contributed by atoms with Crippen LogP contribution < -0.4 is 0 Å². The number of hydrogen-bond donors (Lipinski definition) is 0. The van der Waals surface area contributed by atoms with Crippen molar-refractivity contribution in [3.63, 3.8) is 0 Å². The molecule has 1 fully saturated rings. The normalized spacial score (nSPS) is 23.3. The van der Waals surface area contributed by atoms with Gasteiger partial charge in [-0.3, -0.25) is 14.5 Å². The lowest BCUT2D eigenvalue weighted by Crippen LogP contribution is -2.24. The van der Waals surface area contributed by atoms with E-state index in [0.717, 1.165) is 0 Å². The van der Waals surface area contributed by atoms with Gasteiger partial charge in [0.2, 0.25) is 11.8 Å². The Balaban J connectivity index is 0.000000461. The fourth-order valence-electron chi connectivity index (χ4n) is 0.940. The summed E-state index contributed by atoms with van der Waals surface area (Å²) >= 11 is 4.24. The molecule has 0 aromatic rings. The van der Waals surface area contributed by atoms with Gasteiger partial charge in [-0.2, -0.15) is 0 Å². The van der Waals surface area contributed by atoms with Crippen molar-refractivity contribution in [1.82, 2.24) is 4.90 Å². The van der Waals surface area contributed by atoms with E-state index in [4.69, 9.17) is 0 Å². The Morgan fingerprint density at radius 3 is 2.00 bits per heavy atom. The maximum atomic E-state index is 10.8. The first kappa shape index (κ1) is 11.6. The molecule has 0 saturated carbocycles. The van der Waals surface area contributed by atoms with Crippen LogP contribution in [0.3, 0.4) is 0 Å². The van der Waals surface area contributed by atoms with E-state index >= 15 is 0 Å². The Bertz CT molecular complexity index is 172. The molecule has 0 bridgehead atoms. The molecule has 0 spiro atoms. The standard InChI is InChI=1S/C6H9NO2.I2/c1-4-3-5(8)7(2)6(4)9;1-2/h4H,3H2,1-2H3;. The van der Waals surface area contributed by atoms with E-state index in [0.29, 0.717) is 6.42 Å². The van der Waals surface area contributed by atoms with Crippen LogP contribution in [-0.4, -0.2) is 23.8 Å². The van der Waals surface area contributed by atoms with Crippen molar-refractivity contribution in [1.29, 1.82) is 0 Å². The predicted molar refractivity (Wildman–Crippen MR) is 59.6 cm³/mol. The first-order valence-electron chi connectivity index (χ1n) is 3.07. The summed E-state index contributed by atoms with van der Waals surface area (Å²) < 4.78 is 0. The average Bonchev–Trinajstić information content (AvgIpc) is 2.22. The fraction of sp³-hybridized carbons (Fsp3) is 0.667. The number of amides is 2. The number of nitrogens with zero attached hydrogens (tertiary/aromatic N) is 1. The number of carbonyl (C=O) groups is 2. The van der Waals surface area contributed by atoms with Gasteiger partial charge < -0.3 is 0 Å². The van der Waals surface area contributed by atoms with Gasteiger partial charge >= 0.3 is 0 Å². The maximum absolute atomic E-state index is 10.8. The van der Waals surface area contributed by atoms with Crippen molar-refractivity contribution in [2.24, 2.45) is 5.92 Å². The molecule has 2 amide bonds. The zero-order valence-electron chi connectivity index (χ0n) is 6.30. The van der Waals surface area contributed by atoms with Gasteiger partial charge in [-0.15, -0.1) is 0 Å². The molecule has 64 valence electrons. The summed E-state index contributed by atoms with van der Waals surface area (Å²) in [6, 6.07) is 0. The largest absolute Gasteiger partial charge is 0.286 e. The van der Waals surface area contributed by atoms with Crippen LogP contribution >= 0.6 is 37.2 Å². The third kappa shape index (κ3) is 2.85. The topological polar surface area (TPSA) is 37.4 Å². The molecule has 1 aliphatic heterocycles. The van der Waals surface area contributed by atoms with E-state index in [1.54, 1.807) is 6.92 Å². The van der Waals surface area contributed by atoms with Crippen molar-refractivity contribution >= 4 is 49.0 Å². The molecule has 0 N–H and O–H groups in total. The van der Waals surface area contributed by atoms with Crippen molar-refractivity contribution in [3.05, 3.63) is 0 Å². The minimum atomic E-state index is -0.0949. The SMILES string of the molecule is CC1CC(=O)N(C)C1=O.II. The maximum Gasteiger partial charge on any atom is 0.232 e. The summed E-state index contributed by atoms with van der Waals surface area (Å²) in [6.45, 7) is 1.77. The fourth-order valence-corrected chi connectivity index (χ4v) is 0.940. The molecule has 3 nitrogen and oxygen atoms in total. The van der Waals surface area contributed by atoms with Crippen LogP contribution in [0, 0.1) is 5.92 Å². The second-order valence-electron chi connectivity index (χ2n) is 2.40. The monoisotopic (exact) mass is 381 g/mol. The summed E-state index contributed by atoms with van der Waals surface area (Å²) in [4.78, 5) is 22.7. The van der Waals surface area contributed by atoms with Crippen molar-refractivity contribution in [2.45, 2.75) is 13.3 Å². The van der Waals surface area contributed by atoms with Gasteiger partial charge in [0.05, 0.1) is 0 Å². The predicted octanol–water partition coefficient (Wildman–Crippen LogP) is 1.78. The molecule has 1 aliphatic rings. The lowest BCUT2D eigenvalue weighted by Gasteiger charge is -2.03. The second kappa shape index (κ2) is 5.28. The van der Waals surface area contributed by atoms with Gasteiger partial charge in [-0.05, 0) is 0 Å². The Morgan fingerprint density at radius 2 is 1.91 bits per heavy atom. The Kier molecular flexibility index (Phi) is 5.57. The number of rotatable bonds is 0. The second-order valence-corrected chi connectivity index (χ2v) is 2.40. The highest BCUT2D eigenvalue weighted by molar-refractivity contribution is 15.0. The van der Waals surface area contributed by atoms with Gasteiger partial charge in [0.15, 0.2) is 0 Å². The van der Waals surface area contributed by atoms with Crippen LogP contribution in [0.25, 0.3) is 0 Å². The van der Waals surface area contributed by atoms with Gasteiger partial charge in [0.1, 0.15) is 0 Å². The van der Waals surface area contributed by atoms with Crippen LogP contribution in [0.1, 0.15) is 13.3 Å². The number of hydrogen-bond acceptors (Lipinski definition) is 2. The minimum absolute atomic E-state index is 0.0556. The Labute approximate surface area is 89.2 Å². The average molecular weight is 381 g/mol. The highest BCUT2D eigenvalue weighted by atomic mass is 128. The van der Waals surface area contributed by atoms with E-state index in [1.807, 2.05) is 0 Å². The smallest absolute Gasteiger partial charge is 0.232 e. The summed E-state index contributed by atoms with van der Waals surface area (Å²) in [5.74, 6) is -0.213. The molecule has 1 rings (SSSR count). The molecule has 0 aromatic heterocycles. The number of halogens is 2. The van der Waals surface area contributed by atoms with Crippen LogP contribution in [0.15, 0.2) is 0 Å². The van der Waals surface area contributed by atoms with E-state index in [-0.39, 0.29) is 17.7 Å². The van der Waals surface area contributed by atoms with Gasteiger partial charge in [-0.1, -0.05) is 6.92 Å². The molecule has 1 heterocycles. The summed E-state index contributed by atoms with van der Waals surface area (Å²) in [6.07, 6.45) is 0.384. The lowest BCUT2D eigenvalue weighted by molar-refractivity contribution is -0.137. The van der Waals surface area contributed by atoms with Crippen LogP contribution in [0.2, 0.25) is 0 Å². The van der Waals surface area contributed by atoms with Gasteiger partial charge in [0, 0.05) is 56.6 Å². The van der Waals surface area contributed by atoms with E-state index < -0.39 is 0 Å². The summed E-state index contributed by atoms with van der Waals surface area (Å²) in [5.41, 5.74) is 0. The zero-order valence-corrected chi connectivity index (χ0v) is 10.6. The minimum Gasteiger partial charge on any atom is -0.286 e. The van der Waals surface area contributed by atoms with Gasteiger partial charge in [0.25, 0.3) is 0 Å². The first-order valence-corrected chi connectivity index (χ1v) is 9.36. The third-order valence-electron chi connectivity index (χ3n) is 1.61. The van der Waals surface area contributed by atoms with Crippen LogP contribution in [-0.2, 0) is 9.59 Å². The molecule has 5 heteroatoms. The van der Waals surface area contributed by atoms with Crippen LogP contribution in [0.4, 0.5) is 0 Å². The zero-order chi connectivity index (χ0) is 9.02. The molecule has 1 unspecified atom stereocenters. The highest BCUT2D eigenvalue weighted by Crippen LogP contribution is 2.15. The molecular weight excluding hydrogens is 372 g/mol. The molecule has 11 heavy (non-hydrogen) atoms. The van der Waals surface area contributed by atoms with Crippen LogP contribution in [0.5, 0.6) is 0 Å². The van der Waals surface area contributed by atoms with Crippen molar-refractivity contribution < 1.29 is 9.59 Å². The van der Waals surface area contributed by atoms with E-state index in [1.165, 1.54) is 11.9 Å². The number of imide groups is 1. The third-order valence-corrected chi connectivity index (χ3v) is 1.61. The van der Waals surface area contributed by atoms with Crippen molar-refractivity contribution in [2.75, 3.05) is 7.05 Å². The number of carbonyl (C=O) groups excluding carboxylic acids is 2. The van der Waals surface area contributed by atoms with Crippen molar-refractivity contribution in [3.8, 4) is 0 Å². The molecular formula is C6H9I2NO2. The molecule has 0 radical (unpaired) electrons. The molecule has 0 aromatic carbocycles. The lowest BCUT2D eigenvalue weighted by atomic mass is 10.1. The Morgan fingerprint density at radius 1 is 1.45 bits per heavy atom. The number of likely N-dealkylation sites (tertiary alicyclic amines) is 1. The highest BCUT2D eigenvalue weighted by Gasteiger charge is 2.32. The first-order chi connectivity index (χ1) is 5.13. The summed E-state index contributed by atoms with van der Waals surface area (Å²) in [7, 11) is 1.52. The van der Waals surface area contributed by atoms with E-state index in [9.17, 15) is 9.59 Å². The quantitative estimate of drug-likeness (QED) is 0.474. The Hall–Kier alpha value is 0.600. The van der Waals surface area contributed by atoms with E-state index in [2.05, 4.69) is 37.2 Å².